The van der Waals surface area contributed by atoms with Crippen molar-refractivity contribution >= 4 is 0 Å². The summed E-state index contributed by atoms with van der Waals surface area (Å²) in [7, 11) is 0. The number of rotatable bonds is 28. The Labute approximate surface area is 229 Å². The average Bonchev–Trinajstić information content (AvgIpc) is 3.27. The molecule has 0 aromatic carbocycles. The van der Waals surface area contributed by atoms with Gasteiger partial charge in [0.1, 0.15) is 6.17 Å². The van der Waals surface area contributed by atoms with Crippen LogP contribution in [0.2, 0.25) is 0 Å². The molecule has 1 aliphatic rings. The minimum atomic E-state index is 0.643. The molecule has 0 saturated carbocycles. The van der Waals surface area contributed by atoms with Crippen LogP contribution < -0.4 is 0 Å². The molecule has 0 bridgehead atoms. The predicted octanol–water partition coefficient (Wildman–Crippen LogP) is 11.6. The fourth-order valence-electron chi connectivity index (χ4n) is 5.83. The van der Waals surface area contributed by atoms with Gasteiger partial charge < -0.3 is 9.80 Å². The van der Waals surface area contributed by atoms with Gasteiger partial charge in [-0.05, 0) is 25.7 Å². The van der Waals surface area contributed by atoms with Gasteiger partial charge in [0.05, 0.1) is 0 Å². The highest BCUT2D eigenvalue weighted by molar-refractivity contribution is 4.97. The molecule has 0 N–H and O–H groups in total. The third kappa shape index (κ3) is 18.6. The third-order valence-corrected chi connectivity index (χ3v) is 8.32. The van der Waals surface area contributed by atoms with Crippen LogP contribution in [-0.4, -0.2) is 29.1 Å². The zero-order chi connectivity index (χ0) is 25.9. The SMILES string of the molecule is CCCCCCCCCCCCCCCCN1C=CN(CCCCCC)C1CCCCCCCCC. The zero-order valence-corrected chi connectivity index (χ0v) is 25.4. The van der Waals surface area contributed by atoms with E-state index in [0.717, 1.165) is 0 Å². The molecule has 1 aliphatic heterocycles. The Morgan fingerprint density at radius 2 is 0.639 bits per heavy atom. The second kappa shape index (κ2) is 26.0. The summed E-state index contributed by atoms with van der Waals surface area (Å²) in [5.41, 5.74) is 0. The summed E-state index contributed by atoms with van der Waals surface area (Å²) in [6, 6.07) is 0. The first-order valence-electron chi connectivity index (χ1n) is 17.0. The van der Waals surface area contributed by atoms with Crippen LogP contribution in [0.3, 0.4) is 0 Å². The third-order valence-electron chi connectivity index (χ3n) is 8.32. The molecule has 1 unspecified atom stereocenters. The van der Waals surface area contributed by atoms with Crippen LogP contribution in [0.4, 0.5) is 0 Å². The highest BCUT2D eigenvalue weighted by atomic mass is 15.4. The molecule has 1 heterocycles. The first-order valence-corrected chi connectivity index (χ1v) is 17.0. The van der Waals surface area contributed by atoms with E-state index in [2.05, 4.69) is 43.0 Å². The van der Waals surface area contributed by atoms with Gasteiger partial charge in [-0.3, -0.25) is 0 Å². The lowest BCUT2D eigenvalue weighted by atomic mass is 10.0. The molecule has 36 heavy (non-hydrogen) atoms. The number of hydrogen-bond donors (Lipinski definition) is 0. The predicted molar refractivity (Wildman–Crippen MR) is 163 cm³/mol. The number of hydrogen-bond acceptors (Lipinski definition) is 2. The van der Waals surface area contributed by atoms with Gasteiger partial charge in [-0.2, -0.15) is 0 Å². The van der Waals surface area contributed by atoms with Crippen LogP contribution in [0.25, 0.3) is 0 Å². The maximum absolute atomic E-state index is 2.69. The standard InChI is InChI=1S/C34H68N2/c1-4-7-10-13-15-16-17-18-19-20-21-23-25-28-31-36-33-32-35(30-27-12-9-6-3)34(36)29-26-24-22-14-11-8-5-2/h32-34H,4-31H2,1-3H3. The maximum atomic E-state index is 2.69. The summed E-state index contributed by atoms with van der Waals surface area (Å²) in [6.07, 6.45) is 42.5. The Balaban J connectivity index is 2.12. The van der Waals surface area contributed by atoms with Crippen LogP contribution in [0.5, 0.6) is 0 Å². The Morgan fingerprint density at radius 1 is 0.361 bits per heavy atom. The molecule has 2 heteroatoms. The van der Waals surface area contributed by atoms with Gasteiger partial charge in [-0.25, -0.2) is 0 Å². The summed E-state index contributed by atoms with van der Waals surface area (Å²) in [5, 5.41) is 0. The summed E-state index contributed by atoms with van der Waals surface area (Å²) >= 11 is 0. The lowest BCUT2D eigenvalue weighted by molar-refractivity contribution is 0.135. The fraction of sp³-hybridized carbons (Fsp3) is 0.941. The van der Waals surface area contributed by atoms with E-state index < -0.39 is 0 Å². The zero-order valence-electron chi connectivity index (χ0n) is 25.4. The number of unbranched alkanes of at least 4 members (excludes halogenated alkanes) is 22. The first-order chi connectivity index (χ1) is 17.8. The van der Waals surface area contributed by atoms with E-state index in [4.69, 9.17) is 0 Å². The van der Waals surface area contributed by atoms with E-state index in [1.165, 1.54) is 180 Å². The molecule has 0 aliphatic carbocycles. The van der Waals surface area contributed by atoms with Crippen molar-refractivity contribution in [1.29, 1.82) is 0 Å². The van der Waals surface area contributed by atoms with Gasteiger partial charge in [0.25, 0.3) is 0 Å². The van der Waals surface area contributed by atoms with Crippen LogP contribution in [-0.2, 0) is 0 Å². The summed E-state index contributed by atoms with van der Waals surface area (Å²) in [4.78, 5) is 5.37. The van der Waals surface area contributed by atoms with E-state index in [0.29, 0.717) is 6.17 Å². The molecule has 214 valence electrons. The minimum Gasteiger partial charge on any atom is -0.356 e. The molecular weight excluding hydrogens is 436 g/mol. The summed E-state index contributed by atoms with van der Waals surface area (Å²) in [6.45, 7) is 9.46. The Kier molecular flexibility index (Phi) is 24.1. The van der Waals surface area contributed by atoms with E-state index >= 15 is 0 Å². The van der Waals surface area contributed by atoms with Gasteiger partial charge in [-0.1, -0.05) is 162 Å². The van der Waals surface area contributed by atoms with Crippen molar-refractivity contribution in [2.24, 2.45) is 0 Å². The van der Waals surface area contributed by atoms with Crippen molar-refractivity contribution in [2.45, 2.75) is 194 Å². The average molecular weight is 505 g/mol. The lowest BCUT2D eigenvalue weighted by Gasteiger charge is -2.33. The summed E-state index contributed by atoms with van der Waals surface area (Å²) < 4.78 is 0. The van der Waals surface area contributed by atoms with Gasteiger partial charge in [0.15, 0.2) is 0 Å². The van der Waals surface area contributed by atoms with Crippen molar-refractivity contribution in [2.75, 3.05) is 13.1 Å². The molecular formula is C34H68N2. The molecule has 2 nitrogen and oxygen atoms in total. The molecule has 1 rings (SSSR count). The second-order valence-corrected chi connectivity index (χ2v) is 11.8. The fourth-order valence-corrected chi connectivity index (χ4v) is 5.83. The van der Waals surface area contributed by atoms with Crippen LogP contribution in [0, 0.1) is 0 Å². The quantitative estimate of drug-likeness (QED) is 0.0977. The molecule has 1 atom stereocenters. The lowest BCUT2D eigenvalue weighted by Crippen LogP contribution is -2.39. The van der Waals surface area contributed by atoms with E-state index in [9.17, 15) is 0 Å². The van der Waals surface area contributed by atoms with Crippen molar-refractivity contribution in [1.82, 2.24) is 9.80 Å². The summed E-state index contributed by atoms with van der Waals surface area (Å²) in [5.74, 6) is 0. The first kappa shape index (κ1) is 33.4. The van der Waals surface area contributed by atoms with Crippen molar-refractivity contribution in [3.05, 3.63) is 12.4 Å². The van der Waals surface area contributed by atoms with E-state index in [1.54, 1.807) is 0 Å². The topological polar surface area (TPSA) is 6.48 Å². The Morgan fingerprint density at radius 3 is 1.00 bits per heavy atom. The highest BCUT2D eigenvalue weighted by Crippen LogP contribution is 2.24. The van der Waals surface area contributed by atoms with Crippen LogP contribution in [0.1, 0.15) is 188 Å². The molecule has 0 amide bonds. The van der Waals surface area contributed by atoms with E-state index in [1.807, 2.05) is 0 Å². The van der Waals surface area contributed by atoms with Crippen LogP contribution >= 0.6 is 0 Å². The highest BCUT2D eigenvalue weighted by Gasteiger charge is 2.24. The van der Waals surface area contributed by atoms with Gasteiger partial charge in [0.2, 0.25) is 0 Å². The molecule has 0 spiro atoms. The maximum Gasteiger partial charge on any atom is 0.101 e. The Bertz CT molecular complexity index is 460. The number of nitrogens with zero attached hydrogens (tertiary/aromatic N) is 2. The van der Waals surface area contributed by atoms with Gasteiger partial charge in [0, 0.05) is 25.5 Å². The minimum absolute atomic E-state index is 0.643. The second-order valence-electron chi connectivity index (χ2n) is 11.8. The largest absolute Gasteiger partial charge is 0.356 e. The van der Waals surface area contributed by atoms with E-state index in [-0.39, 0.29) is 0 Å². The molecule has 0 aromatic rings. The molecule has 0 aromatic heterocycles. The monoisotopic (exact) mass is 505 g/mol. The molecule has 0 radical (unpaired) electrons. The molecule has 0 fully saturated rings. The van der Waals surface area contributed by atoms with Crippen molar-refractivity contribution < 1.29 is 0 Å². The van der Waals surface area contributed by atoms with Gasteiger partial charge in [-0.15, -0.1) is 0 Å². The van der Waals surface area contributed by atoms with Gasteiger partial charge >= 0.3 is 0 Å². The Hall–Kier alpha value is -0.660. The van der Waals surface area contributed by atoms with Crippen molar-refractivity contribution in [3.63, 3.8) is 0 Å². The smallest absolute Gasteiger partial charge is 0.101 e. The molecule has 0 saturated heterocycles. The normalized spacial score (nSPS) is 15.5. The van der Waals surface area contributed by atoms with Crippen LogP contribution in [0.15, 0.2) is 12.4 Å². The van der Waals surface area contributed by atoms with Crippen molar-refractivity contribution in [3.8, 4) is 0 Å².